The lowest BCUT2D eigenvalue weighted by Crippen LogP contribution is -2.45. The molecule has 1 N–H and O–H groups in total. The van der Waals surface area contributed by atoms with Gasteiger partial charge in [-0.15, -0.1) is 0 Å². The Labute approximate surface area is 108 Å². The van der Waals surface area contributed by atoms with Crippen LogP contribution >= 0.6 is 0 Å². The van der Waals surface area contributed by atoms with Gasteiger partial charge in [-0.1, -0.05) is 17.7 Å². The molecule has 1 atom stereocenters. The van der Waals surface area contributed by atoms with Crippen LogP contribution in [-0.2, 0) is 14.6 Å². The van der Waals surface area contributed by atoms with E-state index >= 15 is 0 Å². The van der Waals surface area contributed by atoms with E-state index in [0.29, 0.717) is 24.7 Å². The van der Waals surface area contributed by atoms with Crippen molar-refractivity contribution in [2.45, 2.75) is 24.8 Å². The predicted molar refractivity (Wildman–Crippen MR) is 70.6 cm³/mol. The van der Waals surface area contributed by atoms with Crippen LogP contribution in [0.1, 0.15) is 11.1 Å². The van der Waals surface area contributed by atoms with Crippen LogP contribution in [-0.4, -0.2) is 40.0 Å². The van der Waals surface area contributed by atoms with Gasteiger partial charge >= 0.3 is 0 Å². The lowest BCUT2D eigenvalue weighted by molar-refractivity contribution is 0.0832. The van der Waals surface area contributed by atoms with E-state index in [4.69, 9.17) is 4.74 Å². The van der Waals surface area contributed by atoms with Gasteiger partial charge in [-0.3, -0.25) is 0 Å². The molecule has 2 rings (SSSR count). The van der Waals surface area contributed by atoms with Crippen LogP contribution in [0, 0.1) is 13.8 Å². The van der Waals surface area contributed by atoms with Crippen LogP contribution in [0.15, 0.2) is 23.1 Å². The number of aryl methyl sites for hydroxylation is 2. The summed E-state index contributed by atoms with van der Waals surface area (Å²) in [6, 6.07) is 5.33. The number of ether oxygens (including phenoxy) is 1. The van der Waals surface area contributed by atoms with Crippen LogP contribution < -0.4 is 5.32 Å². The van der Waals surface area contributed by atoms with E-state index in [-0.39, 0.29) is 11.8 Å². The van der Waals surface area contributed by atoms with Crippen molar-refractivity contribution in [3.8, 4) is 0 Å². The fourth-order valence-electron chi connectivity index (χ4n) is 2.23. The number of rotatable bonds is 3. The molecule has 1 aromatic carbocycles. The zero-order valence-corrected chi connectivity index (χ0v) is 11.6. The molecule has 5 heteroatoms. The summed E-state index contributed by atoms with van der Waals surface area (Å²) in [4.78, 5) is 0.431. The largest absolute Gasteiger partial charge is 0.378 e. The molecule has 1 fully saturated rings. The first-order chi connectivity index (χ1) is 8.49. The van der Waals surface area contributed by atoms with Crippen molar-refractivity contribution in [1.82, 2.24) is 5.32 Å². The smallest absolute Gasteiger partial charge is 0.180 e. The Morgan fingerprint density at radius 1 is 1.39 bits per heavy atom. The summed E-state index contributed by atoms with van der Waals surface area (Å²) in [5.74, 6) is 0.0941. The van der Waals surface area contributed by atoms with Crippen molar-refractivity contribution < 1.29 is 13.2 Å². The van der Waals surface area contributed by atoms with Gasteiger partial charge < -0.3 is 10.1 Å². The summed E-state index contributed by atoms with van der Waals surface area (Å²) >= 11 is 0. The van der Waals surface area contributed by atoms with Gasteiger partial charge in [0.15, 0.2) is 9.84 Å². The first-order valence-electron chi connectivity index (χ1n) is 6.10. The molecule has 1 heterocycles. The van der Waals surface area contributed by atoms with Crippen molar-refractivity contribution in [3.05, 3.63) is 29.3 Å². The van der Waals surface area contributed by atoms with E-state index in [1.165, 1.54) is 0 Å². The number of morpholine rings is 1. The van der Waals surface area contributed by atoms with Crippen molar-refractivity contribution in [2.24, 2.45) is 0 Å². The molecule has 1 aliphatic rings. The van der Waals surface area contributed by atoms with E-state index < -0.39 is 9.84 Å². The summed E-state index contributed by atoms with van der Waals surface area (Å²) in [6.45, 7) is 5.63. The standard InChI is InChI=1S/C13H19NO3S/c1-10-3-4-13(11(2)7-10)18(15,16)9-12-8-17-6-5-14-12/h3-4,7,12,14H,5-6,8-9H2,1-2H3. The average Bonchev–Trinajstić information content (AvgIpc) is 2.29. The molecule has 18 heavy (non-hydrogen) atoms. The third kappa shape index (κ3) is 3.10. The van der Waals surface area contributed by atoms with Crippen LogP contribution in [0.2, 0.25) is 0 Å². The minimum Gasteiger partial charge on any atom is -0.378 e. The van der Waals surface area contributed by atoms with Gasteiger partial charge in [0.1, 0.15) is 0 Å². The molecule has 0 aliphatic carbocycles. The molecule has 0 radical (unpaired) electrons. The Kier molecular flexibility index (Phi) is 4.04. The second-order valence-electron chi connectivity index (χ2n) is 4.78. The normalized spacial score (nSPS) is 20.9. The average molecular weight is 269 g/mol. The minimum absolute atomic E-state index is 0.0941. The Morgan fingerprint density at radius 3 is 2.78 bits per heavy atom. The predicted octanol–water partition coefficient (Wildman–Crippen LogP) is 1.07. The molecular weight excluding hydrogens is 250 g/mol. The molecule has 0 aromatic heterocycles. The first kappa shape index (κ1) is 13.5. The number of sulfone groups is 1. The maximum atomic E-state index is 12.3. The Hall–Kier alpha value is -0.910. The van der Waals surface area contributed by atoms with Crippen LogP contribution in [0.3, 0.4) is 0 Å². The molecule has 0 spiro atoms. The highest BCUT2D eigenvalue weighted by molar-refractivity contribution is 7.91. The van der Waals surface area contributed by atoms with Gasteiger partial charge in [-0.25, -0.2) is 8.42 Å². The molecule has 0 bridgehead atoms. The highest BCUT2D eigenvalue weighted by Gasteiger charge is 2.24. The number of benzene rings is 1. The molecular formula is C13H19NO3S. The lowest BCUT2D eigenvalue weighted by atomic mass is 10.2. The van der Waals surface area contributed by atoms with Gasteiger partial charge in [0.05, 0.1) is 23.9 Å². The van der Waals surface area contributed by atoms with Gasteiger partial charge in [-0.05, 0) is 25.5 Å². The maximum absolute atomic E-state index is 12.3. The van der Waals surface area contributed by atoms with E-state index in [9.17, 15) is 8.42 Å². The lowest BCUT2D eigenvalue weighted by Gasteiger charge is -2.23. The summed E-state index contributed by atoms with van der Waals surface area (Å²) in [6.07, 6.45) is 0. The SMILES string of the molecule is Cc1ccc(S(=O)(=O)CC2COCCN2)c(C)c1. The third-order valence-corrected chi connectivity index (χ3v) is 5.05. The Bertz CT molecular complexity index is 519. The van der Waals surface area contributed by atoms with Gasteiger partial charge in [0.25, 0.3) is 0 Å². The first-order valence-corrected chi connectivity index (χ1v) is 7.75. The molecule has 1 saturated heterocycles. The fourth-order valence-corrected chi connectivity index (χ4v) is 3.98. The van der Waals surface area contributed by atoms with Gasteiger partial charge in [0, 0.05) is 12.6 Å². The van der Waals surface area contributed by atoms with Gasteiger partial charge in [-0.2, -0.15) is 0 Å². The molecule has 1 unspecified atom stereocenters. The minimum atomic E-state index is -3.25. The Balaban J connectivity index is 2.19. The van der Waals surface area contributed by atoms with Crippen molar-refractivity contribution >= 4 is 9.84 Å². The number of hydrogen-bond acceptors (Lipinski definition) is 4. The Morgan fingerprint density at radius 2 is 2.17 bits per heavy atom. The van der Waals surface area contributed by atoms with E-state index in [1.807, 2.05) is 26.0 Å². The molecule has 100 valence electrons. The number of hydrogen-bond donors (Lipinski definition) is 1. The monoisotopic (exact) mass is 269 g/mol. The van der Waals surface area contributed by atoms with E-state index in [1.54, 1.807) is 6.07 Å². The summed E-state index contributed by atoms with van der Waals surface area (Å²) in [5, 5.41) is 3.17. The van der Waals surface area contributed by atoms with E-state index in [2.05, 4.69) is 5.32 Å². The van der Waals surface area contributed by atoms with Crippen molar-refractivity contribution in [1.29, 1.82) is 0 Å². The van der Waals surface area contributed by atoms with E-state index in [0.717, 1.165) is 11.1 Å². The van der Waals surface area contributed by atoms with Crippen LogP contribution in [0.5, 0.6) is 0 Å². The molecule has 1 aromatic rings. The topological polar surface area (TPSA) is 55.4 Å². The zero-order valence-electron chi connectivity index (χ0n) is 10.8. The van der Waals surface area contributed by atoms with Crippen LogP contribution in [0.25, 0.3) is 0 Å². The molecule has 0 saturated carbocycles. The van der Waals surface area contributed by atoms with Crippen molar-refractivity contribution in [2.75, 3.05) is 25.5 Å². The quantitative estimate of drug-likeness (QED) is 0.891. The molecule has 0 amide bonds. The second kappa shape index (κ2) is 5.38. The van der Waals surface area contributed by atoms with Crippen LogP contribution in [0.4, 0.5) is 0 Å². The second-order valence-corrected chi connectivity index (χ2v) is 6.78. The summed E-state index contributed by atoms with van der Waals surface area (Å²) < 4.78 is 30.0. The molecule has 1 aliphatic heterocycles. The van der Waals surface area contributed by atoms with Gasteiger partial charge in [0.2, 0.25) is 0 Å². The highest BCUT2D eigenvalue weighted by atomic mass is 32.2. The van der Waals surface area contributed by atoms with Crippen molar-refractivity contribution in [3.63, 3.8) is 0 Å². The third-order valence-electron chi connectivity index (χ3n) is 3.08. The summed E-state index contributed by atoms with van der Waals surface area (Å²) in [5.41, 5.74) is 1.89. The highest BCUT2D eigenvalue weighted by Crippen LogP contribution is 2.19. The maximum Gasteiger partial charge on any atom is 0.180 e. The molecule has 4 nitrogen and oxygen atoms in total. The fraction of sp³-hybridized carbons (Fsp3) is 0.538. The summed E-state index contributed by atoms with van der Waals surface area (Å²) in [7, 11) is -3.25. The zero-order chi connectivity index (χ0) is 13.2. The number of nitrogens with one attached hydrogen (secondary N) is 1.